The van der Waals surface area contributed by atoms with Gasteiger partial charge in [0.2, 0.25) is 17.7 Å². The molecule has 0 saturated carbocycles. The van der Waals surface area contributed by atoms with Gasteiger partial charge in [-0.15, -0.1) is 10.2 Å². The number of aromatic nitrogens is 2. The molecule has 1 aromatic heterocycles. The van der Waals surface area contributed by atoms with Crippen LogP contribution in [0, 0.1) is 5.92 Å². The molecule has 0 aliphatic carbocycles. The van der Waals surface area contributed by atoms with Crippen LogP contribution in [0.15, 0.2) is 28.7 Å². The minimum atomic E-state index is -0.228. The summed E-state index contributed by atoms with van der Waals surface area (Å²) < 4.78 is 16.0. The number of hydrogen-bond donors (Lipinski definition) is 0. The molecule has 3 rings (SSSR count). The average Bonchev–Trinajstić information content (AvgIpc) is 3.24. The Bertz CT molecular complexity index is 851. The van der Waals surface area contributed by atoms with Gasteiger partial charge in [-0.2, -0.15) is 0 Å². The van der Waals surface area contributed by atoms with Crippen LogP contribution in [0.1, 0.15) is 43.5 Å². The number of methoxy groups -OCH3 is 1. The van der Waals surface area contributed by atoms with Gasteiger partial charge < -0.3 is 18.8 Å². The molecule has 8 heteroatoms. The minimum absolute atomic E-state index is 0.000119. The highest BCUT2D eigenvalue weighted by Crippen LogP contribution is 2.19. The van der Waals surface area contributed by atoms with Crippen LogP contribution in [-0.4, -0.2) is 53.8 Å². The van der Waals surface area contributed by atoms with Crippen LogP contribution in [0.2, 0.25) is 0 Å². The molecule has 162 valence electrons. The van der Waals surface area contributed by atoms with Crippen molar-refractivity contribution in [2.45, 2.75) is 45.4 Å². The standard InChI is InChI=1S/C22H29N3O5/c1-3-29-22(27)17-7-5-13-25(15-17)21(26)12-11-20-24-23-19(30-20)10-9-16-6-4-8-18(14-16)28-2/h4,6,8,14,17H,3,5,7,9-13,15H2,1-2H3/t17-/m1/s1. The maximum absolute atomic E-state index is 12.5. The smallest absolute Gasteiger partial charge is 0.310 e. The molecule has 1 aliphatic heterocycles. The lowest BCUT2D eigenvalue weighted by Crippen LogP contribution is -2.42. The molecule has 0 bridgehead atoms. The van der Waals surface area contributed by atoms with Crippen molar-refractivity contribution in [3.05, 3.63) is 41.6 Å². The molecule has 0 spiro atoms. The zero-order chi connectivity index (χ0) is 21.3. The monoisotopic (exact) mass is 415 g/mol. The third-order valence-corrected chi connectivity index (χ3v) is 5.22. The van der Waals surface area contributed by atoms with Gasteiger partial charge in [-0.25, -0.2) is 0 Å². The topological polar surface area (TPSA) is 94.8 Å². The number of carbonyl (C=O) groups is 2. The number of benzene rings is 1. The van der Waals surface area contributed by atoms with Crippen LogP contribution in [-0.2, 0) is 33.6 Å². The van der Waals surface area contributed by atoms with Crippen LogP contribution in [0.25, 0.3) is 0 Å². The number of carbonyl (C=O) groups excluding carboxylic acids is 2. The van der Waals surface area contributed by atoms with Gasteiger partial charge in [0.15, 0.2) is 0 Å². The first-order valence-electron chi connectivity index (χ1n) is 10.5. The van der Waals surface area contributed by atoms with E-state index in [1.165, 1.54) is 0 Å². The van der Waals surface area contributed by atoms with Crippen LogP contribution in [0.5, 0.6) is 5.75 Å². The van der Waals surface area contributed by atoms with Crippen molar-refractivity contribution < 1.29 is 23.5 Å². The van der Waals surface area contributed by atoms with Crippen LogP contribution in [0.4, 0.5) is 0 Å². The highest BCUT2D eigenvalue weighted by Gasteiger charge is 2.29. The molecule has 0 N–H and O–H groups in total. The van der Waals surface area contributed by atoms with Gasteiger partial charge in [-0.1, -0.05) is 12.1 Å². The van der Waals surface area contributed by atoms with Gasteiger partial charge in [0.05, 0.1) is 19.6 Å². The van der Waals surface area contributed by atoms with Gasteiger partial charge in [0, 0.05) is 32.4 Å². The van der Waals surface area contributed by atoms with Gasteiger partial charge in [-0.05, 0) is 43.9 Å². The maximum atomic E-state index is 12.5. The third kappa shape index (κ3) is 6.05. The molecule has 1 atom stereocenters. The number of likely N-dealkylation sites (tertiary alicyclic amines) is 1. The Labute approximate surface area is 176 Å². The highest BCUT2D eigenvalue weighted by molar-refractivity contribution is 5.78. The molecule has 8 nitrogen and oxygen atoms in total. The van der Waals surface area contributed by atoms with Gasteiger partial charge in [-0.3, -0.25) is 9.59 Å². The molecule has 2 heterocycles. The van der Waals surface area contributed by atoms with Crippen LogP contribution < -0.4 is 4.74 Å². The van der Waals surface area contributed by atoms with Gasteiger partial charge >= 0.3 is 5.97 Å². The zero-order valence-electron chi connectivity index (χ0n) is 17.6. The van der Waals surface area contributed by atoms with E-state index in [-0.39, 0.29) is 24.2 Å². The van der Waals surface area contributed by atoms with Crippen molar-refractivity contribution in [1.82, 2.24) is 15.1 Å². The summed E-state index contributed by atoms with van der Waals surface area (Å²) in [5, 5.41) is 8.15. The fraction of sp³-hybridized carbons (Fsp3) is 0.545. The molecule has 0 radical (unpaired) electrons. The predicted octanol–water partition coefficient (Wildman–Crippen LogP) is 2.60. The number of hydrogen-bond acceptors (Lipinski definition) is 7. The van der Waals surface area contributed by atoms with E-state index in [0.717, 1.165) is 30.6 Å². The Morgan fingerprint density at radius 3 is 2.77 bits per heavy atom. The first-order valence-corrected chi connectivity index (χ1v) is 10.5. The quantitative estimate of drug-likeness (QED) is 0.581. The van der Waals surface area contributed by atoms with E-state index in [9.17, 15) is 9.59 Å². The molecule has 1 amide bonds. The highest BCUT2D eigenvalue weighted by atomic mass is 16.5. The molecular weight excluding hydrogens is 386 g/mol. The summed E-state index contributed by atoms with van der Waals surface area (Å²) in [5.41, 5.74) is 1.13. The van der Waals surface area contributed by atoms with E-state index < -0.39 is 0 Å². The molecule has 0 unspecified atom stereocenters. The summed E-state index contributed by atoms with van der Waals surface area (Å²) in [6, 6.07) is 7.87. The first kappa shape index (κ1) is 21.8. The van der Waals surface area contributed by atoms with Crippen molar-refractivity contribution in [1.29, 1.82) is 0 Å². The van der Waals surface area contributed by atoms with Crippen molar-refractivity contribution in [2.24, 2.45) is 5.92 Å². The van der Waals surface area contributed by atoms with Crippen LogP contribution in [0.3, 0.4) is 0 Å². The summed E-state index contributed by atoms with van der Waals surface area (Å²) in [4.78, 5) is 26.2. The number of piperidine rings is 1. The van der Waals surface area contributed by atoms with E-state index >= 15 is 0 Å². The lowest BCUT2D eigenvalue weighted by Gasteiger charge is -2.31. The second-order valence-corrected chi connectivity index (χ2v) is 7.37. The Kier molecular flexibility index (Phi) is 7.82. The summed E-state index contributed by atoms with van der Waals surface area (Å²) in [6.07, 6.45) is 3.65. The van der Waals surface area contributed by atoms with E-state index in [1.54, 1.807) is 18.9 Å². The largest absolute Gasteiger partial charge is 0.497 e. The fourth-order valence-electron chi connectivity index (χ4n) is 3.60. The van der Waals surface area contributed by atoms with E-state index in [4.69, 9.17) is 13.9 Å². The molecular formula is C22H29N3O5. The summed E-state index contributed by atoms with van der Waals surface area (Å²) in [7, 11) is 1.64. The maximum Gasteiger partial charge on any atom is 0.310 e. The second-order valence-electron chi connectivity index (χ2n) is 7.37. The normalized spacial score (nSPS) is 16.3. The van der Waals surface area contributed by atoms with E-state index in [2.05, 4.69) is 10.2 Å². The lowest BCUT2D eigenvalue weighted by molar-refractivity contribution is -0.151. The van der Waals surface area contributed by atoms with Crippen molar-refractivity contribution in [3.8, 4) is 5.75 Å². The Morgan fingerprint density at radius 2 is 2.00 bits per heavy atom. The van der Waals surface area contributed by atoms with Crippen molar-refractivity contribution in [2.75, 3.05) is 26.8 Å². The summed E-state index contributed by atoms with van der Waals surface area (Å²) in [5.74, 6) is 1.39. The van der Waals surface area contributed by atoms with Crippen molar-refractivity contribution >= 4 is 11.9 Å². The molecule has 2 aromatic rings. The first-order chi connectivity index (χ1) is 14.6. The lowest BCUT2D eigenvalue weighted by atomic mass is 9.98. The molecule has 1 aliphatic rings. The Hall–Kier alpha value is -2.90. The zero-order valence-corrected chi connectivity index (χ0v) is 17.6. The van der Waals surface area contributed by atoms with Gasteiger partial charge in [0.25, 0.3) is 0 Å². The Morgan fingerprint density at radius 1 is 1.20 bits per heavy atom. The number of aryl methyl sites for hydroxylation is 3. The number of esters is 1. The summed E-state index contributed by atoms with van der Waals surface area (Å²) in [6.45, 7) is 3.25. The average molecular weight is 415 g/mol. The molecule has 30 heavy (non-hydrogen) atoms. The van der Waals surface area contributed by atoms with E-state index in [1.807, 2.05) is 24.3 Å². The molecule has 1 saturated heterocycles. The number of amides is 1. The summed E-state index contributed by atoms with van der Waals surface area (Å²) >= 11 is 0. The fourth-order valence-corrected chi connectivity index (χ4v) is 3.60. The molecule has 1 fully saturated rings. The number of nitrogens with zero attached hydrogens (tertiary/aromatic N) is 3. The van der Waals surface area contributed by atoms with Gasteiger partial charge in [0.1, 0.15) is 5.75 Å². The predicted molar refractivity (Wildman–Crippen MR) is 109 cm³/mol. The Balaban J connectivity index is 1.45. The van der Waals surface area contributed by atoms with Crippen molar-refractivity contribution in [3.63, 3.8) is 0 Å². The molecule has 1 aromatic carbocycles. The van der Waals surface area contributed by atoms with Crippen LogP contribution >= 0.6 is 0 Å². The second kappa shape index (κ2) is 10.8. The third-order valence-electron chi connectivity index (χ3n) is 5.22. The number of rotatable bonds is 9. The SMILES string of the molecule is CCOC(=O)[C@@H]1CCCN(C(=O)CCc2nnc(CCc3cccc(OC)c3)o2)C1. The number of ether oxygens (including phenoxy) is 2. The minimum Gasteiger partial charge on any atom is -0.497 e. The van der Waals surface area contributed by atoms with E-state index in [0.29, 0.717) is 44.3 Å².